The van der Waals surface area contributed by atoms with Crippen LogP contribution in [-0.4, -0.2) is 72.1 Å². The van der Waals surface area contributed by atoms with Crippen LogP contribution in [0.25, 0.3) is 0 Å². The standard InChI is InChI=1S/C30H38O11/c1-16-13-14-22(37-18(3)32)29(15-36-17(2)31)26(40-27(35)21-11-9-8-10-12-21)24(38-19(4)33)23-25(39-20(5)34)30(16,29)41-28(23,6)7/h8-12,16,22-26H,13-15H2,1-7H3/t16-,22+,23?,24-,25?,26-,29+,30?/m1/s1. The summed E-state index contributed by atoms with van der Waals surface area (Å²) in [4.78, 5) is 63.7. The molecule has 2 aliphatic carbocycles. The molecule has 1 aromatic rings. The Balaban J connectivity index is 2.06. The third-order valence-electron chi connectivity index (χ3n) is 8.70. The number of benzene rings is 1. The van der Waals surface area contributed by atoms with E-state index in [2.05, 4.69) is 0 Å². The summed E-state index contributed by atoms with van der Waals surface area (Å²) < 4.78 is 36.7. The second-order valence-electron chi connectivity index (χ2n) is 11.7. The maximum atomic E-state index is 13.7. The number of hydrogen-bond donors (Lipinski definition) is 0. The van der Waals surface area contributed by atoms with E-state index in [1.165, 1.54) is 27.7 Å². The minimum atomic E-state index is -1.64. The molecule has 2 saturated carbocycles. The van der Waals surface area contributed by atoms with Crippen LogP contribution in [0, 0.1) is 17.3 Å². The summed E-state index contributed by atoms with van der Waals surface area (Å²) in [5.41, 5.74) is -3.98. The number of rotatable bonds is 7. The maximum Gasteiger partial charge on any atom is 0.338 e. The van der Waals surface area contributed by atoms with Crippen molar-refractivity contribution in [3.05, 3.63) is 35.9 Å². The normalized spacial score (nSPS) is 34.9. The summed E-state index contributed by atoms with van der Waals surface area (Å²) in [6.45, 7) is 9.97. The number of carbonyl (C=O) groups is 5. The van der Waals surface area contributed by atoms with Gasteiger partial charge in [0.15, 0.2) is 6.10 Å². The molecule has 1 aliphatic heterocycles. The van der Waals surface area contributed by atoms with Crippen molar-refractivity contribution in [2.75, 3.05) is 6.61 Å². The Morgan fingerprint density at radius 2 is 1.41 bits per heavy atom. The average molecular weight is 575 g/mol. The van der Waals surface area contributed by atoms with Gasteiger partial charge < -0.3 is 28.4 Å². The van der Waals surface area contributed by atoms with Crippen LogP contribution in [0.2, 0.25) is 0 Å². The number of hydrogen-bond acceptors (Lipinski definition) is 11. The van der Waals surface area contributed by atoms with Crippen LogP contribution in [0.1, 0.15) is 71.7 Å². The maximum absolute atomic E-state index is 13.7. The smallest absolute Gasteiger partial charge is 0.338 e. The van der Waals surface area contributed by atoms with Gasteiger partial charge in [0, 0.05) is 27.7 Å². The van der Waals surface area contributed by atoms with E-state index in [1.807, 2.05) is 6.92 Å². The van der Waals surface area contributed by atoms with Gasteiger partial charge in [0.25, 0.3) is 0 Å². The van der Waals surface area contributed by atoms with Crippen molar-refractivity contribution in [3.63, 3.8) is 0 Å². The van der Waals surface area contributed by atoms with Crippen LogP contribution in [-0.2, 0) is 47.6 Å². The number of esters is 5. The molecule has 3 unspecified atom stereocenters. The topological polar surface area (TPSA) is 141 Å². The fourth-order valence-corrected chi connectivity index (χ4v) is 7.44. The van der Waals surface area contributed by atoms with Gasteiger partial charge in [-0.05, 0) is 44.7 Å². The second-order valence-corrected chi connectivity index (χ2v) is 11.7. The summed E-state index contributed by atoms with van der Waals surface area (Å²) in [7, 11) is 0. The molecule has 8 atom stereocenters. The molecule has 1 heterocycles. The molecule has 3 fully saturated rings. The zero-order chi connectivity index (χ0) is 30.3. The molecule has 2 bridgehead atoms. The molecule has 1 aromatic carbocycles. The molecule has 224 valence electrons. The van der Waals surface area contributed by atoms with Gasteiger partial charge in [-0.1, -0.05) is 25.1 Å². The molecular weight excluding hydrogens is 536 g/mol. The molecule has 4 rings (SSSR count). The molecule has 3 aliphatic rings. The van der Waals surface area contributed by atoms with Crippen molar-refractivity contribution in [2.45, 2.75) is 96.9 Å². The Hall–Kier alpha value is -3.47. The highest BCUT2D eigenvalue weighted by atomic mass is 16.6. The van der Waals surface area contributed by atoms with Gasteiger partial charge in [0.05, 0.1) is 17.1 Å². The van der Waals surface area contributed by atoms with Gasteiger partial charge in [0.2, 0.25) is 0 Å². The van der Waals surface area contributed by atoms with Gasteiger partial charge in [-0.3, -0.25) is 19.2 Å². The summed E-state index contributed by atoms with van der Waals surface area (Å²) in [5.74, 6) is -4.44. The summed E-state index contributed by atoms with van der Waals surface area (Å²) >= 11 is 0. The lowest BCUT2D eigenvalue weighted by molar-refractivity contribution is -0.314. The highest BCUT2D eigenvalue weighted by molar-refractivity contribution is 5.89. The van der Waals surface area contributed by atoms with Crippen molar-refractivity contribution in [3.8, 4) is 0 Å². The molecule has 1 saturated heterocycles. The summed E-state index contributed by atoms with van der Waals surface area (Å²) in [6, 6.07) is 8.24. The van der Waals surface area contributed by atoms with Gasteiger partial charge in [-0.25, -0.2) is 4.79 Å². The molecule has 0 aromatic heterocycles. The van der Waals surface area contributed by atoms with Gasteiger partial charge >= 0.3 is 29.8 Å². The van der Waals surface area contributed by atoms with Gasteiger partial charge in [-0.2, -0.15) is 0 Å². The van der Waals surface area contributed by atoms with Crippen molar-refractivity contribution < 1.29 is 52.4 Å². The first-order chi connectivity index (χ1) is 19.2. The van der Waals surface area contributed by atoms with E-state index in [-0.39, 0.29) is 17.9 Å². The first kappa shape index (κ1) is 30.5. The van der Waals surface area contributed by atoms with Crippen LogP contribution >= 0.6 is 0 Å². The lowest BCUT2D eigenvalue weighted by atomic mass is 9.47. The van der Waals surface area contributed by atoms with E-state index in [0.717, 1.165) is 0 Å². The lowest BCUT2D eigenvalue weighted by Gasteiger charge is -2.63. The highest BCUT2D eigenvalue weighted by Gasteiger charge is 2.84. The number of fused-ring (bicyclic) bond motifs is 1. The third-order valence-corrected chi connectivity index (χ3v) is 8.70. The van der Waals surface area contributed by atoms with E-state index in [1.54, 1.807) is 44.2 Å². The number of carbonyl (C=O) groups excluding carboxylic acids is 5. The Morgan fingerprint density at radius 1 is 0.805 bits per heavy atom. The van der Waals surface area contributed by atoms with E-state index in [9.17, 15) is 24.0 Å². The predicted molar refractivity (Wildman–Crippen MR) is 141 cm³/mol. The summed E-state index contributed by atoms with van der Waals surface area (Å²) in [5, 5.41) is 0. The molecule has 0 amide bonds. The monoisotopic (exact) mass is 574 g/mol. The quantitative estimate of drug-likeness (QED) is 0.350. The van der Waals surface area contributed by atoms with Gasteiger partial charge in [0.1, 0.15) is 35.9 Å². The molecular formula is C30H38O11. The molecule has 0 N–H and O–H groups in total. The first-order valence-corrected chi connectivity index (χ1v) is 13.8. The van der Waals surface area contributed by atoms with Crippen molar-refractivity contribution in [2.24, 2.45) is 17.3 Å². The van der Waals surface area contributed by atoms with Crippen molar-refractivity contribution in [1.82, 2.24) is 0 Å². The van der Waals surface area contributed by atoms with Crippen molar-refractivity contribution in [1.29, 1.82) is 0 Å². The van der Waals surface area contributed by atoms with Crippen LogP contribution in [0.15, 0.2) is 30.3 Å². The van der Waals surface area contributed by atoms with E-state index in [0.29, 0.717) is 6.42 Å². The zero-order valence-electron chi connectivity index (χ0n) is 24.5. The Bertz CT molecular complexity index is 1210. The van der Waals surface area contributed by atoms with Crippen LogP contribution < -0.4 is 0 Å². The van der Waals surface area contributed by atoms with Crippen LogP contribution in [0.3, 0.4) is 0 Å². The molecule has 0 radical (unpaired) electrons. The third kappa shape index (κ3) is 5.09. The SMILES string of the molecule is CC(=O)OC[C@@]12[C@@H](OC(C)=O)CC[C@@H](C)C13OC(C)(C)C(C3OC(C)=O)[C@@H](OC(C)=O)[C@H]2OC(=O)c1ccccc1. The Morgan fingerprint density at radius 3 is 1.98 bits per heavy atom. The first-order valence-electron chi connectivity index (χ1n) is 13.8. The lowest BCUT2D eigenvalue weighted by Crippen LogP contribution is -2.79. The van der Waals surface area contributed by atoms with Crippen LogP contribution in [0.4, 0.5) is 0 Å². The molecule has 41 heavy (non-hydrogen) atoms. The van der Waals surface area contributed by atoms with Crippen LogP contribution in [0.5, 0.6) is 0 Å². The minimum absolute atomic E-state index is 0.230. The van der Waals surface area contributed by atoms with E-state index in [4.69, 9.17) is 28.4 Å². The average Bonchev–Trinajstić information content (AvgIpc) is 3.06. The van der Waals surface area contributed by atoms with Crippen molar-refractivity contribution >= 4 is 29.8 Å². The minimum Gasteiger partial charge on any atom is -0.465 e. The number of ether oxygens (including phenoxy) is 6. The Labute approximate surface area is 239 Å². The summed E-state index contributed by atoms with van der Waals surface area (Å²) in [6.07, 6.45) is -3.85. The predicted octanol–water partition coefficient (Wildman–Crippen LogP) is 3.16. The second kappa shape index (κ2) is 11.1. The highest BCUT2D eigenvalue weighted by Crippen LogP contribution is 2.68. The zero-order valence-corrected chi connectivity index (χ0v) is 24.5. The van der Waals surface area contributed by atoms with Gasteiger partial charge in [-0.15, -0.1) is 0 Å². The fraction of sp³-hybridized carbons (Fsp3) is 0.633. The fourth-order valence-electron chi connectivity index (χ4n) is 7.44. The largest absolute Gasteiger partial charge is 0.465 e. The Kier molecular flexibility index (Phi) is 8.23. The molecule has 11 heteroatoms. The molecule has 1 spiro atoms. The van der Waals surface area contributed by atoms with E-state index < -0.39 is 83.4 Å². The van der Waals surface area contributed by atoms with E-state index >= 15 is 0 Å². The molecule has 11 nitrogen and oxygen atoms in total.